The van der Waals surface area contributed by atoms with E-state index in [-0.39, 0.29) is 23.4 Å². The van der Waals surface area contributed by atoms with Crippen molar-refractivity contribution in [3.8, 4) is 0 Å². The van der Waals surface area contributed by atoms with Gasteiger partial charge in [-0.25, -0.2) is 4.39 Å². The van der Waals surface area contributed by atoms with Crippen molar-refractivity contribution < 1.29 is 14.0 Å². The van der Waals surface area contributed by atoms with Crippen LogP contribution in [0.3, 0.4) is 0 Å². The molecule has 0 aliphatic carbocycles. The van der Waals surface area contributed by atoms with E-state index >= 15 is 0 Å². The molecule has 2 amide bonds. The van der Waals surface area contributed by atoms with Crippen LogP contribution in [0.2, 0.25) is 0 Å². The molecule has 3 aromatic carbocycles. The Bertz CT molecular complexity index is 964. The average Bonchev–Trinajstić information content (AvgIpc) is 2.72. The van der Waals surface area contributed by atoms with Crippen molar-refractivity contribution in [3.63, 3.8) is 0 Å². The highest BCUT2D eigenvalue weighted by molar-refractivity contribution is 8.00. The summed E-state index contributed by atoms with van der Waals surface area (Å²) >= 11 is 1.11. The first-order valence-corrected chi connectivity index (χ1v) is 9.70. The predicted molar refractivity (Wildman–Crippen MR) is 110 cm³/mol. The summed E-state index contributed by atoms with van der Waals surface area (Å²) in [4.78, 5) is 25.2. The van der Waals surface area contributed by atoms with Gasteiger partial charge < -0.3 is 10.6 Å². The Labute approximate surface area is 167 Å². The lowest BCUT2D eigenvalue weighted by atomic mass is 10.1. The van der Waals surface area contributed by atoms with Gasteiger partial charge in [-0.05, 0) is 29.8 Å². The molecule has 3 aromatic rings. The zero-order valence-corrected chi connectivity index (χ0v) is 15.8. The number of rotatable bonds is 7. The fourth-order valence-corrected chi connectivity index (χ4v) is 3.29. The van der Waals surface area contributed by atoms with Crippen molar-refractivity contribution in [3.05, 3.63) is 95.8 Å². The van der Waals surface area contributed by atoms with Gasteiger partial charge in [-0.15, -0.1) is 11.8 Å². The van der Waals surface area contributed by atoms with E-state index in [1.165, 1.54) is 6.07 Å². The number of amides is 2. The molecule has 2 N–H and O–H groups in total. The minimum atomic E-state index is -0.360. The zero-order chi connectivity index (χ0) is 19.8. The molecule has 0 aliphatic heterocycles. The predicted octanol–water partition coefficient (Wildman–Crippen LogP) is 4.49. The van der Waals surface area contributed by atoms with E-state index in [9.17, 15) is 14.0 Å². The maximum Gasteiger partial charge on any atom is 0.253 e. The molecule has 0 aromatic heterocycles. The third kappa shape index (κ3) is 5.44. The molecule has 0 radical (unpaired) electrons. The maximum absolute atomic E-state index is 13.7. The van der Waals surface area contributed by atoms with Gasteiger partial charge in [-0.1, -0.05) is 54.6 Å². The van der Waals surface area contributed by atoms with Crippen molar-refractivity contribution in [1.82, 2.24) is 5.32 Å². The first-order valence-electron chi connectivity index (χ1n) is 8.72. The number of halogens is 1. The Morgan fingerprint density at radius 3 is 2.32 bits per heavy atom. The van der Waals surface area contributed by atoms with E-state index in [4.69, 9.17) is 0 Å². The Hall–Kier alpha value is -3.12. The minimum absolute atomic E-state index is 0.0426. The summed E-state index contributed by atoms with van der Waals surface area (Å²) in [5.74, 6) is -0.903. The lowest BCUT2D eigenvalue weighted by Gasteiger charge is -2.11. The normalized spacial score (nSPS) is 10.3. The standard InChI is InChI=1S/C22H19FN2O2S/c23-18-11-5-7-13-20(18)28-15-21(26)25-19-12-6-4-10-17(19)22(27)24-14-16-8-2-1-3-9-16/h1-13H,14-15H2,(H,24,27)(H,25,26). The highest BCUT2D eigenvalue weighted by atomic mass is 32.2. The summed E-state index contributed by atoms with van der Waals surface area (Å²) in [7, 11) is 0. The van der Waals surface area contributed by atoms with Crippen LogP contribution < -0.4 is 10.6 Å². The first kappa shape index (κ1) is 19.6. The number of nitrogens with one attached hydrogen (secondary N) is 2. The summed E-state index contributed by atoms with van der Waals surface area (Å²) in [6, 6.07) is 22.7. The fraction of sp³-hybridized carbons (Fsp3) is 0.0909. The van der Waals surface area contributed by atoms with Gasteiger partial charge in [0.1, 0.15) is 5.82 Å². The van der Waals surface area contributed by atoms with Gasteiger partial charge in [0.2, 0.25) is 5.91 Å². The van der Waals surface area contributed by atoms with Gasteiger partial charge in [-0.2, -0.15) is 0 Å². The number of para-hydroxylation sites is 1. The molecule has 4 nitrogen and oxygen atoms in total. The van der Waals surface area contributed by atoms with Crippen LogP contribution in [-0.4, -0.2) is 17.6 Å². The highest BCUT2D eigenvalue weighted by Gasteiger charge is 2.13. The molecular formula is C22H19FN2O2S. The van der Waals surface area contributed by atoms with Crippen LogP contribution in [0.5, 0.6) is 0 Å². The van der Waals surface area contributed by atoms with Crippen molar-refractivity contribution in [2.45, 2.75) is 11.4 Å². The summed E-state index contributed by atoms with van der Waals surface area (Å²) in [6.45, 7) is 0.394. The summed E-state index contributed by atoms with van der Waals surface area (Å²) < 4.78 is 13.7. The van der Waals surface area contributed by atoms with Gasteiger partial charge in [0, 0.05) is 11.4 Å². The molecule has 0 bridgehead atoms. The van der Waals surface area contributed by atoms with Crippen molar-refractivity contribution in [2.24, 2.45) is 0 Å². The average molecular weight is 394 g/mol. The summed E-state index contributed by atoms with van der Waals surface area (Å²) in [5.41, 5.74) is 1.79. The zero-order valence-electron chi connectivity index (χ0n) is 15.0. The van der Waals surface area contributed by atoms with E-state index in [1.54, 1.807) is 42.5 Å². The summed E-state index contributed by atoms with van der Waals surface area (Å²) in [6.07, 6.45) is 0. The first-order chi connectivity index (χ1) is 13.6. The second-order valence-electron chi connectivity index (χ2n) is 5.98. The molecule has 0 fully saturated rings. The van der Waals surface area contributed by atoms with Crippen molar-refractivity contribution >= 4 is 29.3 Å². The quantitative estimate of drug-likeness (QED) is 0.581. The maximum atomic E-state index is 13.7. The Kier molecular flexibility index (Phi) is 6.81. The van der Waals surface area contributed by atoms with Gasteiger partial charge in [-0.3, -0.25) is 9.59 Å². The van der Waals surface area contributed by atoms with E-state index < -0.39 is 0 Å². The second-order valence-corrected chi connectivity index (χ2v) is 7.00. The lowest BCUT2D eigenvalue weighted by Crippen LogP contribution is -2.25. The molecule has 142 valence electrons. The largest absolute Gasteiger partial charge is 0.348 e. The van der Waals surface area contributed by atoms with Crippen LogP contribution in [0.25, 0.3) is 0 Å². The molecule has 28 heavy (non-hydrogen) atoms. The minimum Gasteiger partial charge on any atom is -0.348 e. The molecule has 0 saturated heterocycles. The van der Waals surface area contributed by atoms with Gasteiger partial charge >= 0.3 is 0 Å². The van der Waals surface area contributed by atoms with Crippen LogP contribution in [0.15, 0.2) is 83.8 Å². The third-order valence-corrected chi connectivity index (χ3v) is 4.99. The highest BCUT2D eigenvalue weighted by Crippen LogP contribution is 2.22. The number of carbonyl (C=O) groups is 2. The van der Waals surface area contributed by atoms with Gasteiger partial charge in [0.05, 0.1) is 17.0 Å². The number of thioether (sulfide) groups is 1. The molecule has 0 heterocycles. The van der Waals surface area contributed by atoms with Gasteiger partial charge in [0.15, 0.2) is 0 Å². The molecule has 0 saturated carbocycles. The smallest absolute Gasteiger partial charge is 0.253 e. The second kappa shape index (κ2) is 9.71. The lowest BCUT2D eigenvalue weighted by molar-refractivity contribution is -0.113. The SMILES string of the molecule is O=C(CSc1ccccc1F)Nc1ccccc1C(=O)NCc1ccccc1. The van der Waals surface area contributed by atoms with Crippen LogP contribution >= 0.6 is 11.8 Å². The Balaban J connectivity index is 1.60. The van der Waals surface area contributed by atoms with Crippen molar-refractivity contribution in [2.75, 3.05) is 11.1 Å². The van der Waals surface area contributed by atoms with E-state index in [0.717, 1.165) is 17.3 Å². The van der Waals surface area contributed by atoms with Crippen LogP contribution in [0.1, 0.15) is 15.9 Å². The molecule has 0 aliphatic rings. The number of hydrogen-bond acceptors (Lipinski definition) is 3. The van der Waals surface area contributed by atoms with Crippen LogP contribution in [0, 0.1) is 5.82 Å². The van der Waals surface area contributed by atoms with E-state index in [2.05, 4.69) is 10.6 Å². The number of anilines is 1. The molecule has 3 rings (SSSR count). The fourth-order valence-electron chi connectivity index (χ4n) is 2.55. The Morgan fingerprint density at radius 1 is 0.857 bits per heavy atom. The van der Waals surface area contributed by atoms with Crippen LogP contribution in [0.4, 0.5) is 10.1 Å². The third-order valence-electron chi connectivity index (χ3n) is 3.94. The summed E-state index contributed by atoms with van der Waals surface area (Å²) in [5, 5.41) is 5.59. The molecule has 0 unspecified atom stereocenters. The van der Waals surface area contributed by atoms with Gasteiger partial charge in [0.25, 0.3) is 5.91 Å². The number of carbonyl (C=O) groups excluding carboxylic acids is 2. The van der Waals surface area contributed by atoms with E-state index in [1.807, 2.05) is 30.3 Å². The number of hydrogen-bond donors (Lipinski definition) is 2. The Morgan fingerprint density at radius 2 is 1.54 bits per heavy atom. The molecule has 0 atom stereocenters. The van der Waals surface area contributed by atoms with Crippen LogP contribution in [-0.2, 0) is 11.3 Å². The number of benzene rings is 3. The van der Waals surface area contributed by atoms with Crippen molar-refractivity contribution in [1.29, 1.82) is 0 Å². The topological polar surface area (TPSA) is 58.2 Å². The van der Waals surface area contributed by atoms with E-state index in [0.29, 0.717) is 22.7 Å². The molecule has 0 spiro atoms. The molecular weight excluding hydrogens is 375 g/mol. The monoisotopic (exact) mass is 394 g/mol. The molecule has 6 heteroatoms.